The summed E-state index contributed by atoms with van der Waals surface area (Å²) in [4.78, 5) is 26.7. The van der Waals surface area contributed by atoms with E-state index >= 15 is 0 Å². The molecule has 2 amide bonds. The third-order valence-electron chi connectivity index (χ3n) is 3.08. The van der Waals surface area contributed by atoms with Crippen molar-refractivity contribution in [3.8, 4) is 0 Å². The van der Waals surface area contributed by atoms with E-state index in [1.807, 2.05) is 16.7 Å². The highest BCUT2D eigenvalue weighted by atomic mass is 16.2. The number of primary amides is 1. The zero-order valence-corrected chi connectivity index (χ0v) is 10.6. The van der Waals surface area contributed by atoms with E-state index in [1.54, 1.807) is 7.05 Å². The van der Waals surface area contributed by atoms with E-state index in [9.17, 15) is 9.59 Å². The Hall–Kier alpha value is -1.14. The monoisotopic (exact) mass is 242 g/mol. The summed E-state index contributed by atoms with van der Waals surface area (Å²) in [5.41, 5.74) is 5.17. The highest BCUT2D eigenvalue weighted by Crippen LogP contribution is 2.04. The number of carbonyl (C=O) groups is 2. The molecule has 0 aromatic carbocycles. The lowest BCUT2D eigenvalue weighted by Crippen LogP contribution is -2.45. The maximum atomic E-state index is 12.0. The maximum Gasteiger partial charge on any atom is 0.239 e. The number of hydrogen-bond acceptors (Lipinski definition) is 4. The van der Waals surface area contributed by atoms with Crippen LogP contribution < -0.4 is 11.1 Å². The standard InChI is InChI=1S/C11H22N4O2/c1-9(13-2)11(17)15-5-3-4-14(6-7-15)8-10(12)16/h9,13H,3-8H2,1-2H3,(H2,12,16). The molecule has 1 aliphatic heterocycles. The predicted octanol–water partition coefficient (Wildman–Crippen LogP) is -1.39. The van der Waals surface area contributed by atoms with Crippen molar-refractivity contribution in [3.05, 3.63) is 0 Å². The SMILES string of the molecule is CNC(C)C(=O)N1CCCN(CC(N)=O)CC1. The van der Waals surface area contributed by atoms with Gasteiger partial charge in [-0.2, -0.15) is 0 Å². The van der Waals surface area contributed by atoms with Crippen LogP contribution >= 0.6 is 0 Å². The molecule has 3 N–H and O–H groups in total. The van der Waals surface area contributed by atoms with Crippen LogP contribution in [-0.4, -0.2) is 67.4 Å². The summed E-state index contributed by atoms with van der Waals surface area (Å²) in [6, 6.07) is -0.155. The summed E-state index contributed by atoms with van der Waals surface area (Å²) in [5.74, 6) is -0.193. The largest absolute Gasteiger partial charge is 0.369 e. The Labute approximate surface area is 102 Å². The Balaban J connectivity index is 2.47. The fourth-order valence-electron chi connectivity index (χ4n) is 1.97. The van der Waals surface area contributed by atoms with Gasteiger partial charge in [-0.15, -0.1) is 0 Å². The lowest BCUT2D eigenvalue weighted by atomic mass is 10.2. The van der Waals surface area contributed by atoms with Crippen LogP contribution in [0.1, 0.15) is 13.3 Å². The summed E-state index contributed by atoms with van der Waals surface area (Å²) in [6.45, 7) is 5.09. The third-order valence-corrected chi connectivity index (χ3v) is 3.08. The smallest absolute Gasteiger partial charge is 0.239 e. The van der Waals surface area contributed by atoms with E-state index in [1.165, 1.54) is 0 Å². The quantitative estimate of drug-likeness (QED) is 0.636. The van der Waals surface area contributed by atoms with Crippen LogP contribution in [0.15, 0.2) is 0 Å². The predicted molar refractivity (Wildman–Crippen MR) is 65.4 cm³/mol. The summed E-state index contributed by atoms with van der Waals surface area (Å²) < 4.78 is 0. The number of nitrogens with one attached hydrogen (secondary N) is 1. The minimum Gasteiger partial charge on any atom is -0.369 e. The Kier molecular flexibility index (Phi) is 5.37. The molecule has 0 bridgehead atoms. The van der Waals surface area contributed by atoms with Gasteiger partial charge in [-0.1, -0.05) is 0 Å². The van der Waals surface area contributed by atoms with Gasteiger partial charge in [0.15, 0.2) is 0 Å². The molecule has 0 spiro atoms. The Morgan fingerprint density at radius 1 is 1.29 bits per heavy atom. The summed E-state index contributed by atoms with van der Waals surface area (Å²) >= 11 is 0. The molecular formula is C11H22N4O2. The topological polar surface area (TPSA) is 78.7 Å². The van der Waals surface area contributed by atoms with Crippen molar-refractivity contribution in [2.75, 3.05) is 39.8 Å². The lowest BCUT2D eigenvalue weighted by Gasteiger charge is -2.24. The Morgan fingerprint density at radius 2 is 2.00 bits per heavy atom. The van der Waals surface area contributed by atoms with Gasteiger partial charge in [0.2, 0.25) is 11.8 Å². The molecule has 1 rings (SSSR count). The molecule has 0 radical (unpaired) electrons. The average Bonchev–Trinajstić information content (AvgIpc) is 2.52. The van der Waals surface area contributed by atoms with Gasteiger partial charge in [-0.3, -0.25) is 14.5 Å². The van der Waals surface area contributed by atoms with E-state index in [0.29, 0.717) is 13.1 Å². The molecule has 1 fully saturated rings. The lowest BCUT2D eigenvalue weighted by molar-refractivity contribution is -0.132. The number of rotatable bonds is 4. The zero-order valence-electron chi connectivity index (χ0n) is 10.6. The zero-order chi connectivity index (χ0) is 12.8. The molecule has 98 valence electrons. The molecule has 17 heavy (non-hydrogen) atoms. The molecular weight excluding hydrogens is 220 g/mol. The van der Waals surface area contributed by atoms with E-state index in [-0.39, 0.29) is 24.4 Å². The van der Waals surface area contributed by atoms with Crippen molar-refractivity contribution in [1.82, 2.24) is 15.1 Å². The van der Waals surface area contributed by atoms with Gasteiger partial charge >= 0.3 is 0 Å². The first-order valence-corrected chi connectivity index (χ1v) is 6.01. The molecule has 1 saturated heterocycles. The number of nitrogens with two attached hydrogens (primary N) is 1. The van der Waals surface area contributed by atoms with E-state index in [4.69, 9.17) is 5.73 Å². The second-order valence-electron chi connectivity index (χ2n) is 4.43. The highest BCUT2D eigenvalue weighted by molar-refractivity contribution is 5.81. The van der Waals surface area contributed by atoms with Crippen molar-refractivity contribution in [3.63, 3.8) is 0 Å². The highest BCUT2D eigenvalue weighted by Gasteiger charge is 2.22. The van der Waals surface area contributed by atoms with Crippen LogP contribution in [0.5, 0.6) is 0 Å². The van der Waals surface area contributed by atoms with Gasteiger partial charge in [-0.25, -0.2) is 0 Å². The molecule has 1 atom stereocenters. The van der Waals surface area contributed by atoms with Crippen molar-refractivity contribution in [2.45, 2.75) is 19.4 Å². The molecule has 0 aliphatic carbocycles. The van der Waals surface area contributed by atoms with E-state index < -0.39 is 0 Å². The Morgan fingerprint density at radius 3 is 2.59 bits per heavy atom. The average molecular weight is 242 g/mol. The van der Waals surface area contributed by atoms with Gasteiger partial charge in [0, 0.05) is 26.2 Å². The normalized spacial score (nSPS) is 19.8. The van der Waals surface area contributed by atoms with Crippen LogP contribution in [-0.2, 0) is 9.59 Å². The minimum absolute atomic E-state index is 0.119. The van der Waals surface area contributed by atoms with Gasteiger partial charge in [-0.05, 0) is 20.4 Å². The second kappa shape index (κ2) is 6.56. The van der Waals surface area contributed by atoms with E-state index in [2.05, 4.69) is 5.32 Å². The first kappa shape index (κ1) is 13.9. The molecule has 0 aromatic rings. The molecule has 6 nitrogen and oxygen atoms in total. The summed E-state index contributed by atoms with van der Waals surface area (Å²) in [6.07, 6.45) is 0.884. The molecule has 0 aromatic heterocycles. The van der Waals surface area contributed by atoms with Crippen molar-refractivity contribution in [2.24, 2.45) is 5.73 Å². The fraction of sp³-hybridized carbons (Fsp3) is 0.818. The van der Waals surface area contributed by atoms with Gasteiger partial charge < -0.3 is 16.0 Å². The van der Waals surface area contributed by atoms with Crippen LogP contribution in [0.4, 0.5) is 0 Å². The molecule has 1 heterocycles. The first-order chi connectivity index (χ1) is 8.04. The Bertz CT molecular complexity index is 283. The van der Waals surface area contributed by atoms with Crippen LogP contribution in [0.2, 0.25) is 0 Å². The van der Waals surface area contributed by atoms with Crippen molar-refractivity contribution < 1.29 is 9.59 Å². The van der Waals surface area contributed by atoms with Gasteiger partial charge in [0.05, 0.1) is 12.6 Å². The molecule has 0 saturated carbocycles. The number of hydrogen-bond donors (Lipinski definition) is 2. The van der Waals surface area contributed by atoms with Crippen LogP contribution in [0.3, 0.4) is 0 Å². The van der Waals surface area contributed by atoms with E-state index in [0.717, 1.165) is 19.5 Å². The number of carbonyl (C=O) groups excluding carboxylic acids is 2. The molecule has 6 heteroatoms. The minimum atomic E-state index is -0.312. The maximum absolute atomic E-state index is 12.0. The van der Waals surface area contributed by atoms with Crippen LogP contribution in [0.25, 0.3) is 0 Å². The third kappa shape index (κ3) is 4.32. The summed E-state index contributed by atoms with van der Waals surface area (Å²) in [7, 11) is 1.78. The fourth-order valence-corrected chi connectivity index (χ4v) is 1.97. The van der Waals surface area contributed by atoms with Crippen molar-refractivity contribution >= 4 is 11.8 Å². The molecule has 1 unspecified atom stereocenters. The first-order valence-electron chi connectivity index (χ1n) is 6.01. The number of likely N-dealkylation sites (N-methyl/N-ethyl adjacent to an activating group) is 1. The number of amides is 2. The van der Waals surface area contributed by atoms with Gasteiger partial charge in [0.1, 0.15) is 0 Å². The molecule has 1 aliphatic rings. The summed E-state index contributed by atoms with van der Waals surface area (Å²) in [5, 5.41) is 2.95. The number of nitrogens with zero attached hydrogens (tertiary/aromatic N) is 2. The van der Waals surface area contributed by atoms with Gasteiger partial charge in [0.25, 0.3) is 0 Å². The van der Waals surface area contributed by atoms with Crippen LogP contribution in [0, 0.1) is 0 Å². The second-order valence-corrected chi connectivity index (χ2v) is 4.43. The van der Waals surface area contributed by atoms with Crippen molar-refractivity contribution in [1.29, 1.82) is 0 Å².